The molecule has 2 aromatic rings. The van der Waals surface area contributed by atoms with Crippen LogP contribution in [0.5, 0.6) is 5.75 Å². The van der Waals surface area contributed by atoms with Crippen molar-refractivity contribution in [2.45, 2.75) is 0 Å². The van der Waals surface area contributed by atoms with Crippen LogP contribution in [-0.2, 0) is 0 Å². The lowest BCUT2D eigenvalue weighted by molar-refractivity contribution is 0.0997. The first-order valence-corrected chi connectivity index (χ1v) is 4.94. The Labute approximate surface area is 97.0 Å². The van der Waals surface area contributed by atoms with Crippen LogP contribution in [-0.4, -0.2) is 18.0 Å². The van der Waals surface area contributed by atoms with Gasteiger partial charge in [0.25, 0.3) is 5.91 Å². The lowest BCUT2D eigenvalue weighted by Gasteiger charge is -2.09. The summed E-state index contributed by atoms with van der Waals surface area (Å²) in [4.78, 5) is 15.3. The molecule has 1 aromatic heterocycles. The van der Waals surface area contributed by atoms with E-state index >= 15 is 0 Å². The van der Waals surface area contributed by atoms with Crippen molar-refractivity contribution >= 4 is 28.4 Å². The first-order chi connectivity index (χ1) is 7.65. The highest BCUT2D eigenvalue weighted by Crippen LogP contribution is 2.31. The Morgan fingerprint density at radius 3 is 2.81 bits per heavy atom. The Kier molecular flexibility index (Phi) is 2.66. The summed E-state index contributed by atoms with van der Waals surface area (Å²) in [5.74, 6) is -0.201. The summed E-state index contributed by atoms with van der Waals surface area (Å²) >= 11 is 6.01. The molecule has 5 heteroatoms. The number of pyridine rings is 1. The summed E-state index contributed by atoms with van der Waals surface area (Å²) in [7, 11) is 1.46. The minimum atomic E-state index is -0.555. The van der Waals surface area contributed by atoms with Crippen LogP contribution in [0.4, 0.5) is 0 Å². The van der Waals surface area contributed by atoms with Crippen molar-refractivity contribution in [1.82, 2.24) is 4.98 Å². The number of nitrogens with two attached hydrogens (primary N) is 1. The zero-order chi connectivity index (χ0) is 11.7. The number of halogens is 1. The molecule has 0 atom stereocenters. The van der Waals surface area contributed by atoms with Crippen molar-refractivity contribution < 1.29 is 9.53 Å². The number of aromatic nitrogens is 1. The monoisotopic (exact) mass is 236 g/mol. The molecule has 0 radical (unpaired) electrons. The molecule has 0 spiro atoms. The van der Waals surface area contributed by atoms with Crippen LogP contribution in [0.3, 0.4) is 0 Å². The lowest BCUT2D eigenvalue weighted by atomic mass is 10.1. The van der Waals surface area contributed by atoms with E-state index in [9.17, 15) is 4.79 Å². The second kappa shape index (κ2) is 3.98. The van der Waals surface area contributed by atoms with Crippen molar-refractivity contribution in [3.05, 3.63) is 35.0 Å². The number of carbonyl (C=O) groups is 1. The van der Waals surface area contributed by atoms with E-state index in [0.717, 1.165) is 5.39 Å². The molecule has 0 bridgehead atoms. The van der Waals surface area contributed by atoms with Crippen LogP contribution >= 0.6 is 11.6 Å². The van der Waals surface area contributed by atoms with E-state index in [1.54, 1.807) is 24.4 Å². The van der Waals surface area contributed by atoms with Crippen molar-refractivity contribution in [2.24, 2.45) is 5.73 Å². The van der Waals surface area contributed by atoms with E-state index in [-0.39, 0.29) is 0 Å². The molecule has 16 heavy (non-hydrogen) atoms. The Morgan fingerprint density at radius 2 is 2.19 bits per heavy atom. The van der Waals surface area contributed by atoms with E-state index in [0.29, 0.717) is 21.9 Å². The number of methoxy groups -OCH3 is 1. The van der Waals surface area contributed by atoms with Crippen molar-refractivity contribution in [3.63, 3.8) is 0 Å². The molecule has 0 fully saturated rings. The number of benzene rings is 1. The van der Waals surface area contributed by atoms with Gasteiger partial charge in [-0.15, -0.1) is 0 Å². The third-order valence-corrected chi connectivity index (χ3v) is 2.61. The molecule has 2 N–H and O–H groups in total. The number of hydrogen-bond acceptors (Lipinski definition) is 3. The number of amides is 1. The molecule has 0 aliphatic carbocycles. The molecule has 82 valence electrons. The van der Waals surface area contributed by atoms with Crippen molar-refractivity contribution in [2.75, 3.05) is 7.11 Å². The van der Waals surface area contributed by atoms with Gasteiger partial charge in [0.05, 0.1) is 17.7 Å². The number of hydrogen-bond donors (Lipinski definition) is 1. The number of carbonyl (C=O) groups excluding carboxylic acids is 1. The number of rotatable bonds is 2. The summed E-state index contributed by atoms with van der Waals surface area (Å²) in [6.07, 6.45) is 1.55. The van der Waals surface area contributed by atoms with E-state index in [4.69, 9.17) is 22.1 Å². The first kappa shape index (κ1) is 10.7. The van der Waals surface area contributed by atoms with Crippen molar-refractivity contribution in [1.29, 1.82) is 0 Å². The van der Waals surface area contributed by atoms with Gasteiger partial charge in [-0.2, -0.15) is 0 Å². The zero-order valence-electron chi connectivity index (χ0n) is 8.53. The number of primary amides is 1. The molecule has 0 saturated carbocycles. The number of fused-ring (bicyclic) bond motifs is 1. The lowest BCUT2D eigenvalue weighted by Crippen LogP contribution is -2.12. The smallest absolute Gasteiger partial charge is 0.252 e. The minimum Gasteiger partial charge on any atom is -0.494 e. The van der Waals surface area contributed by atoms with E-state index in [2.05, 4.69) is 4.98 Å². The van der Waals surface area contributed by atoms with Crippen molar-refractivity contribution in [3.8, 4) is 5.75 Å². The second-order valence-electron chi connectivity index (χ2n) is 3.20. The Bertz CT molecular complexity index is 569. The highest BCUT2D eigenvalue weighted by molar-refractivity contribution is 6.35. The van der Waals surface area contributed by atoms with Crippen LogP contribution in [0.25, 0.3) is 10.9 Å². The Morgan fingerprint density at radius 1 is 1.44 bits per heavy atom. The maximum absolute atomic E-state index is 11.2. The summed E-state index contributed by atoms with van der Waals surface area (Å²) in [5.41, 5.74) is 6.07. The molecule has 0 aliphatic rings. The quantitative estimate of drug-likeness (QED) is 0.867. The predicted octanol–water partition coefficient (Wildman–Crippen LogP) is 2.00. The molecule has 1 heterocycles. The topological polar surface area (TPSA) is 65.2 Å². The summed E-state index contributed by atoms with van der Waals surface area (Å²) in [6.45, 7) is 0. The van der Waals surface area contributed by atoms with Gasteiger partial charge in [0.2, 0.25) is 0 Å². The van der Waals surface area contributed by atoms with Gasteiger partial charge in [-0.1, -0.05) is 17.7 Å². The maximum atomic E-state index is 11.2. The van der Waals surface area contributed by atoms with Gasteiger partial charge in [0, 0.05) is 11.6 Å². The van der Waals surface area contributed by atoms with Crippen LogP contribution in [0, 0.1) is 0 Å². The van der Waals surface area contributed by atoms with E-state index < -0.39 is 5.91 Å². The average Bonchev–Trinajstić information content (AvgIpc) is 2.27. The van der Waals surface area contributed by atoms with E-state index in [1.165, 1.54) is 7.11 Å². The largest absolute Gasteiger partial charge is 0.494 e. The van der Waals surface area contributed by atoms with Gasteiger partial charge in [-0.3, -0.25) is 9.78 Å². The SMILES string of the molecule is COc1c(C(N)=O)ccc2c(Cl)ccnc12. The maximum Gasteiger partial charge on any atom is 0.252 e. The molecule has 0 saturated heterocycles. The molecule has 1 aromatic carbocycles. The molecule has 2 rings (SSSR count). The van der Waals surface area contributed by atoms with Crippen LogP contribution < -0.4 is 10.5 Å². The summed E-state index contributed by atoms with van der Waals surface area (Å²) in [5, 5.41) is 1.28. The zero-order valence-corrected chi connectivity index (χ0v) is 9.28. The molecule has 1 amide bonds. The van der Waals surface area contributed by atoms with E-state index in [1.807, 2.05) is 0 Å². The first-order valence-electron chi connectivity index (χ1n) is 4.56. The van der Waals surface area contributed by atoms with Gasteiger partial charge in [-0.25, -0.2) is 0 Å². The van der Waals surface area contributed by atoms with Crippen LogP contribution in [0.1, 0.15) is 10.4 Å². The Hall–Kier alpha value is -1.81. The summed E-state index contributed by atoms with van der Waals surface area (Å²) in [6, 6.07) is 4.96. The van der Waals surface area contributed by atoms with Gasteiger partial charge in [0.1, 0.15) is 5.52 Å². The second-order valence-corrected chi connectivity index (χ2v) is 3.61. The average molecular weight is 237 g/mol. The third kappa shape index (κ3) is 1.57. The molecule has 0 aliphatic heterocycles. The minimum absolute atomic E-state index is 0.296. The predicted molar refractivity (Wildman–Crippen MR) is 61.8 cm³/mol. The molecular formula is C11H9ClN2O2. The van der Waals surface area contributed by atoms with Gasteiger partial charge in [-0.05, 0) is 12.1 Å². The van der Waals surface area contributed by atoms with Crippen LogP contribution in [0.15, 0.2) is 24.4 Å². The fourth-order valence-electron chi connectivity index (χ4n) is 1.56. The fourth-order valence-corrected chi connectivity index (χ4v) is 1.77. The highest BCUT2D eigenvalue weighted by Gasteiger charge is 2.14. The number of ether oxygens (including phenoxy) is 1. The normalized spacial score (nSPS) is 10.4. The molecule has 0 unspecified atom stereocenters. The van der Waals surface area contributed by atoms with Gasteiger partial charge in [0.15, 0.2) is 5.75 Å². The standard InChI is InChI=1S/C11H9ClN2O2/c1-16-10-7(11(13)15)3-2-6-8(12)4-5-14-9(6)10/h2-5H,1H3,(H2,13,15). The third-order valence-electron chi connectivity index (χ3n) is 2.28. The van der Waals surface area contributed by atoms with Crippen LogP contribution in [0.2, 0.25) is 5.02 Å². The molecular weight excluding hydrogens is 228 g/mol. The number of nitrogens with zero attached hydrogens (tertiary/aromatic N) is 1. The highest BCUT2D eigenvalue weighted by atomic mass is 35.5. The Balaban J connectivity index is 2.86. The van der Waals surface area contributed by atoms with Gasteiger partial charge < -0.3 is 10.5 Å². The fraction of sp³-hybridized carbons (Fsp3) is 0.0909. The van der Waals surface area contributed by atoms with Gasteiger partial charge >= 0.3 is 0 Å². The molecule has 4 nitrogen and oxygen atoms in total. The summed E-state index contributed by atoms with van der Waals surface area (Å²) < 4.78 is 5.15.